The van der Waals surface area contributed by atoms with E-state index in [-0.39, 0.29) is 5.60 Å². The maximum absolute atomic E-state index is 9.13. The summed E-state index contributed by atoms with van der Waals surface area (Å²) < 4.78 is 5.69. The van der Waals surface area contributed by atoms with Gasteiger partial charge in [-0.25, -0.2) is 4.98 Å². The molecule has 17 heavy (non-hydrogen) atoms. The van der Waals surface area contributed by atoms with Crippen molar-refractivity contribution in [2.45, 2.75) is 26.4 Å². The molecule has 0 aliphatic carbocycles. The number of aromatic nitrogens is 1. The van der Waals surface area contributed by atoms with Gasteiger partial charge in [-0.3, -0.25) is 0 Å². The summed E-state index contributed by atoms with van der Waals surface area (Å²) in [6.07, 6.45) is 0. The summed E-state index contributed by atoms with van der Waals surface area (Å²) in [5.41, 5.74) is 1.06. The van der Waals surface area contributed by atoms with E-state index >= 15 is 0 Å². The molecule has 0 fully saturated rings. The first kappa shape index (κ1) is 11.4. The predicted molar refractivity (Wildman–Crippen MR) is 66.8 cm³/mol. The second-order valence-corrected chi connectivity index (χ2v) is 4.85. The van der Waals surface area contributed by atoms with Gasteiger partial charge in [-0.05, 0) is 26.8 Å². The van der Waals surface area contributed by atoms with Crippen molar-refractivity contribution in [2.75, 3.05) is 0 Å². The normalized spacial score (nSPS) is 11.2. The largest absolute Gasteiger partial charge is 0.472 e. The second-order valence-electron chi connectivity index (χ2n) is 4.85. The van der Waals surface area contributed by atoms with Crippen LogP contribution in [0.25, 0.3) is 10.9 Å². The van der Waals surface area contributed by atoms with Gasteiger partial charge >= 0.3 is 0 Å². The van der Waals surface area contributed by atoms with E-state index in [1.54, 1.807) is 6.07 Å². The molecule has 1 aromatic heterocycles. The van der Waals surface area contributed by atoms with Crippen LogP contribution in [-0.4, -0.2) is 10.6 Å². The molecule has 1 aromatic carbocycles. The molecule has 3 nitrogen and oxygen atoms in total. The Morgan fingerprint density at radius 1 is 1.24 bits per heavy atom. The van der Waals surface area contributed by atoms with Crippen molar-refractivity contribution >= 4 is 10.9 Å². The van der Waals surface area contributed by atoms with Gasteiger partial charge in [0.05, 0.1) is 11.1 Å². The Morgan fingerprint density at radius 3 is 2.59 bits per heavy atom. The summed E-state index contributed by atoms with van der Waals surface area (Å²) in [5.74, 6) is 0.493. The van der Waals surface area contributed by atoms with Crippen LogP contribution in [0.15, 0.2) is 30.3 Å². The number of nitriles is 1. The second kappa shape index (κ2) is 4.06. The number of rotatable bonds is 1. The first-order valence-electron chi connectivity index (χ1n) is 5.48. The number of fused-ring (bicyclic) bond motifs is 1. The summed E-state index contributed by atoms with van der Waals surface area (Å²) >= 11 is 0. The standard InChI is InChI=1S/C14H14N2O/c1-14(2,3)17-13-8-10(9-15)11-6-4-5-7-12(11)16-13/h4-8H,1-3H3. The van der Waals surface area contributed by atoms with Crippen LogP contribution in [0, 0.1) is 11.3 Å². The van der Waals surface area contributed by atoms with E-state index < -0.39 is 0 Å². The Bertz CT molecular complexity index is 591. The average Bonchev–Trinajstić information content (AvgIpc) is 2.25. The van der Waals surface area contributed by atoms with E-state index in [1.807, 2.05) is 45.0 Å². The molecule has 0 unspecified atom stereocenters. The Labute approximate surface area is 101 Å². The van der Waals surface area contributed by atoms with Crippen molar-refractivity contribution in [2.24, 2.45) is 0 Å². The predicted octanol–water partition coefficient (Wildman–Crippen LogP) is 3.28. The zero-order valence-electron chi connectivity index (χ0n) is 10.2. The van der Waals surface area contributed by atoms with Crippen molar-refractivity contribution in [3.63, 3.8) is 0 Å². The molecule has 0 bridgehead atoms. The van der Waals surface area contributed by atoms with E-state index in [9.17, 15) is 0 Å². The summed E-state index contributed by atoms with van der Waals surface area (Å²) in [5, 5.41) is 9.98. The molecule has 86 valence electrons. The Kier molecular flexibility index (Phi) is 2.72. The topological polar surface area (TPSA) is 45.9 Å². The van der Waals surface area contributed by atoms with E-state index in [1.165, 1.54) is 0 Å². The lowest BCUT2D eigenvalue weighted by Gasteiger charge is -2.20. The number of para-hydroxylation sites is 1. The van der Waals surface area contributed by atoms with Gasteiger partial charge in [0.2, 0.25) is 5.88 Å². The fourth-order valence-corrected chi connectivity index (χ4v) is 1.61. The number of hydrogen-bond donors (Lipinski definition) is 0. The number of pyridine rings is 1. The maximum atomic E-state index is 9.13. The molecule has 0 saturated heterocycles. The van der Waals surface area contributed by atoms with Crippen molar-refractivity contribution in [1.82, 2.24) is 4.98 Å². The molecule has 0 atom stereocenters. The fraction of sp³-hybridized carbons (Fsp3) is 0.286. The van der Waals surface area contributed by atoms with Gasteiger partial charge in [0, 0.05) is 11.5 Å². The third kappa shape index (κ3) is 2.54. The minimum atomic E-state index is -0.317. The molecule has 0 saturated carbocycles. The minimum Gasteiger partial charge on any atom is -0.472 e. The van der Waals surface area contributed by atoms with Crippen LogP contribution in [0.1, 0.15) is 26.3 Å². The average molecular weight is 226 g/mol. The summed E-state index contributed by atoms with van der Waals surface area (Å²) in [4.78, 5) is 4.40. The van der Waals surface area contributed by atoms with Crippen LogP contribution < -0.4 is 4.74 Å². The van der Waals surface area contributed by atoms with E-state index in [0.29, 0.717) is 11.4 Å². The highest BCUT2D eigenvalue weighted by molar-refractivity contribution is 5.85. The van der Waals surface area contributed by atoms with Gasteiger partial charge in [0.25, 0.3) is 0 Å². The lowest BCUT2D eigenvalue weighted by molar-refractivity contribution is 0.124. The molecular weight excluding hydrogens is 212 g/mol. The van der Waals surface area contributed by atoms with Crippen molar-refractivity contribution in [3.05, 3.63) is 35.9 Å². The molecule has 0 N–H and O–H groups in total. The SMILES string of the molecule is CC(C)(C)Oc1cc(C#N)c2ccccc2n1. The highest BCUT2D eigenvalue weighted by Gasteiger charge is 2.14. The molecular formula is C14H14N2O. The molecule has 3 heteroatoms. The molecule has 2 aromatic rings. The summed E-state index contributed by atoms with van der Waals surface area (Å²) in [6.45, 7) is 5.86. The first-order chi connectivity index (χ1) is 7.99. The van der Waals surface area contributed by atoms with Crippen LogP contribution in [0.4, 0.5) is 0 Å². The molecule has 0 aliphatic rings. The van der Waals surface area contributed by atoms with Crippen LogP contribution in [0.3, 0.4) is 0 Å². The monoisotopic (exact) mass is 226 g/mol. The summed E-state index contributed by atoms with van der Waals surface area (Å²) in [6, 6.07) is 11.4. The van der Waals surface area contributed by atoms with Crippen molar-refractivity contribution in [1.29, 1.82) is 5.26 Å². The zero-order chi connectivity index (χ0) is 12.5. The Hall–Kier alpha value is -2.08. The number of hydrogen-bond acceptors (Lipinski definition) is 3. The van der Waals surface area contributed by atoms with E-state index in [2.05, 4.69) is 11.1 Å². The maximum Gasteiger partial charge on any atom is 0.215 e. The lowest BCUT2D eigenvalue weighted by atomic mass is 10.1. The van der Waals surface area contributed by atoms with Crippen LogP contribution in [0.2, 0.25) is 0 Å². The minimum absolute atomic E-state index is 0.317. The van der Waals surface area contributed by atoms with Gasteiger partial charge in [-0.2, -0.15) is 5.26 Å². The third-order valence-electron chi connectivity index (χ3n) is 2.22. The molecule has 2 rings (SSSR count). The molecule has 0 radical (unpaired) electrons. The van der Waals surface area contributed by atoms with E-state index in [4.69, 9.17) is 10.00 Å². The smallest absolute Gasteiger partial charge is 0.215 e. The quantitative estimate of drug-likeness (QED) is 0.749. The lowest BCUT2D eigenvalue weighted by Crippen LogP contribution is -2.23. The van der Waals surface area contributed by atoms with Gasteiger partial charge in [0.1, 0.15) is 11.7 Å². The fourth-order valence-electron chi connectivity index (χ4n) is 1.61. The van der Waals surface area contributed by atoms with Crippen LogP contribution in [-0.2, 0) is 0 Å². The van der Waals surface area contributed by atoms with Crippen LogP contribution >= 0.6 is 0 Å². The van der Waals surface area contributed by atoms with Gasteiger partial charge in [-0.1, -0.05) is 18.2 Å². The van der Waals surface area contributed by atoms with Gasteiger partial charge in [-0.15, -0.1) is 0 Å². The molecule has 0 amide bonds. The Balaban J connectivity index is 2.58. The highest BCUT2D eigenvalue weighted by Crippen LogP contribution is 2.23. The highest BCUT2D eigenvalue weighted by atomic mass is 16.5. The van der Waals surface area contributed by atoms with Crippen molar-refractivity contribution in [3.8, 4) is 11.9 Å². The first-order valence-corrected chi connectivity index (χ1v) is 5.48. The van der Waals surface area contributed by atoms with Gasteiger partial charge < -0.3 is 4.74 Å². The van der Waals surface area contributed by atoms with Crippen LogP contribution in [0.5, 0.6) is 5.88 Å². The van der Waals surface area contributed by atoms with Crippen molar-refractivity contribution < 1.29 is 4.74 Å². The molecule has 0 aliphatic heterocycles. The van der Waals surface area contributed by atoms with E-state index in [0.717, 1.165) is 10.9 Å². The number of ether oxygens (including phenoxy) is 1. The van der Waals surface area contributed by atoms with Gasteiger partial charge in [0.15, 0.2) is 0 Å². The third-order valence-corrected chi connectivity index (χ3v) is 2.22. The molecule has 0 spiro atoms. The summed E-state index contributed by atoms with van der Waals surface area (Å²) in [7, 11) is 0. The Morgan fingerprint density at radius 2 is 1.94 bits per heavy atom. The molecule has 1 heterocycles. The number of benzene rings is 1. The number of nitrogens with zero attached hydrogens (tertiary/aromatic N) is 2. The zero-order valence-corrected chi connectivity index (χ0v) is 10.2.